The molecule has 2 fully saturated rings. The summed E-state index contributed by atoms with van der Waals surface area (Å²) >= 11 is 12.2. The lowest BCUT2D eigenvalue weighted by molar-refractivity contribution is -0.415. The molecule has 1 aromatic carbocycles. The van der Waals surface area contributed by atoms with E-state index in [2.05, 4.69) is 4.98 Å². The number of hydrogen-bond donors (Lipinski definition) is 0. The van der Waals surface area contributed by atoms with Gasteiger partial charge in [0.15, 0.2) is 0 Å². The van der Waals surface area contributed by atoms with Crippen molar-refractivity contribution in [1.29, 1.82) is 0 Å². The van der Waals surface area contributed by atoms with Crippen LogP contribution in [0.2, 0.25) is 10.0 Å². The molecule has 2 aliphatic rings. The Kier molecular flexibility index (Phi) is 5.37. The molecule has 0 amide bonds. The summed E-state index contributed by atoms with van der Waals surface area (Å²) in [5.41, 5.74) is -1.79. The average molecular weight is 460 g/mol. The van der Waals surface area contributed by atoms with Gasteiger partial charge in [0.05, 0.1) is 10.5 Å². The predicted molar refractivity (Wildman–Crippen MR) is 107 cm³/mol. The smallest absolute Gasteiger partial charge is 0.299 e. The first-order valence-corrected chi connectivity index (χ1v) is 10.2. The number of benzene rings is 1. The number of pyridine rings is 1. The van der Waals surface area contributed by atoms with Gasteiger partial charge in [0, 0.05) is 28.7 Å². The van der Waals surface area contributed by atoms with Crippen LogP contribution >= 0.6 is 23.2 Å². The highest BCUT2D eigenvalue weighted by molar-refractivity contribution is 6.38. The molecular weight excluding hydrogens is 442 g/mol. The number of carbonyl (C=O) groups is 1. The third kappa shape index (κ3) is 3.84. The zero-order valence-corrected chi connectivity index (χ0v) is 17.6. The number of halogens is 5. The van der Waals surface area contributed by atoms with Crippen LogP contribution in [0, 0.1) is 11.8 Å². The Bertz CT molecular complexity index is 1060. The highest BCUT2D eigenvalue weighted by Gasteiger charge is 2.48. The molecule has 4 rings (SSSR count). The summed E-state index contributed by atoms with van der Waals surface area (Å²) in [4.78, 5) is 27.0. The molecule has 4 nitrogen and oxygen atoms in total. The first-order chi connectivity index (χ1) is 14.0. The van der Waals surface area contributed by atoms with Gasteiger partial charge in [0.2, 0.25) is 0 Å². The van der Waals surface area contributed by atoms with E-state index in [0.29, 0.717) is 18.2 Å². The van der Waals surface area contributed by atoms with Crippen molar-refractivity contribution in [3.63, 3.8) is 0 Å². The molecule has 1 saturated carbocycles. The van der Waals surface area contributed by atoms with E-state index in [-0.39, 0.29) is 44.8 Å². The number of hydrogen-bond acceptors (Lipinski definition) is 4. The van der Waals surface area contributed by atoms with Crippen LogP contribution in [0.1, 0.15) is 37.9 Å². The van der Waals surface area contributed by atoms with Gasteiger partial charge in [-0.15, -0.1) is 0 Å². The van der Waals surface area contributed by atoms with E-state index in [1.165, 1.54) is 18.2 Å². The number of nitrogens with zero attached hydrogens (tertiary/aromatic N) is 1. The summed E-state index contributed by atoms with van der Waals surface area (Å²) in [6.07, 6.45) is -0.860. The SMILES string of the molecule is C[C@@H]1C(=O)C[C@H]2C[C@@H]1OO[C@@]2(C)/C=C\c1cc(C(F)(F)F)nc2c(Cl)cc(Cl)cc12. The maximum atomic E-state index is 13.4. The fourth-order valence-corrected chi connectivity index (χ4v) is 4.51. The molecule has 9 heteroatoms. The third-order valence-electron chi connectivity index (χ3n) is 5.94. The standard InChI is InChI=1S/C21H18Cl2F3NO3/c1-10-16(28)6-12-7-17(10)29-30-20(12,2)4-3-11-5-18(21(24,25)26)27-19-14(11)8-13(22)9-15(19)23/h3-5,8-10,12,17H,6-7H2,1-2H3/b4-3-/t10-,12+,17+,20+/m1/s1. The van der Waals surface area contributed by atoms with Gasteiger partial charge >= 0.3 is 6.18 Å². The van der Waals surface area contributed by atoms with Crippen molar-refractivity contribution in [3.8, 4) is 0 Å². The van der Waals surface area contributed by atoms with Gasteiger partial charge in [-0.1, -0.05) is 36.2 Å². The molecule has 1 saturated heterocycles. The van der Waals surface area contributed by atoms with Crippen molar-refractivity contribution in [2.45, 2.75) is 44.6 Å². The van der Waals surface area contributed by atoms with E-state index in [4.69, 9.17) is 33.0 Å². The maximum absolute atomic E-state index is 13.4. The van der Waals surface area contributed by atoms with Crippen LogP contribution in [0.25, 0.3) is 17.0 Å². The molecule has 0 radical (unpaired) electrons. The monoisotopic (exact) mass is 459 g/mol. The number of aromatic nitrogens is 1. The topological polar surface area (TPSA) is 48.4 Å². The molecule has 1 aromatic heterocycles. The Morgan fingerprint density at radius 1 is 1.27 bits per heavy atom. The van der Waals surface area contributed by atoms with Gasteiger partial charge in [-0.05, 0) is 43.2 Å². The minimum absolute atomic E-state index is 0.00300. The summed E-state index contributed by atoms with van der Waals surface area (Å²) in [5.74, 6) is -0.289. The molecule has 30 heavy (non-hydrogen) atoms. The van der Waals surface area contributed by atoms with Gasteiger partial charge in [-0.25, -0.2) is 14.8 Å². The first-order valence-electron chi connectivity index (χ1n) is 9.41. The van der Waals surface area contributed by atoms with E-state index in [9.17, 15) is 18.0 Å². The Balaban J connectivity index is 1.78. The fourth-order valence-electron chi connectivity index (χ4n) is 3.98. The van der Waals surface area contributed by atoms with Gasteiger partial charge in [0.1, 0.15) is 23.2 Å². The summed E-state index contributed by atoms with van der Waals surface area (Å²) < 4.78 is 40.2. The zero-order valence-electron chi connectivity index (χ0n) is 16.1. The van der Waals surface area contributed by atoms with Crippen LogP contribution in [-0.2, 0) is 20.7 Å². The van der Waals surface area contributed by atoms with Crippen molar-refractivity contribution >= 4 is 46.0 Å². The third-order valence-corrected chi connectivity index (χ3v) is 6.45. The number of alkyl halides is 3. The molecule has 160 valence electrons. The van der Waals surface area contributed by atoms with Gasteiger partial charge in [-0.2, -0.15) is 13.2 Å². The van der Waals surface area contributed by atoms with Crippen molar-refractivity contribution < 1.29 is 27.7 Å². The summed E-state index contributed by atoms with van der Waals surface area (Å²) in [5, 5.41) is 0.682. The molecule has 0 spiro atoms. The van der Waals surface area contributed by atoms with Crippen LogP contribution in [-0.4, -0.2) is 22.5 Å². The molecule has 4 atom stereocenters. The minimum atomic E-state index is -4.65. The van der Waals surface area contributed by atoms with Crippen LogP contribution in [0.5, 0.6) is 0 Å². The number of ketones is 1. The number of carbonyl (C=O) groups excluding carboxylic acids is 1. The second-order valence-corrected chi connectivity index (χ2v) is 8.85. The van der Waals surface area contributed by atoms with Crippen LogP contribution in [0.15, 0.2) is 24.3 Å². The highest BCUT2D eigenvalue weighted by Crippen LogP contribution is 2.43. The first kappa shape index (κ1) is 21.6. The number of rotatable bonds is 2. The normalized spacial score (nSPS) is 29.7. The Morgan fingerprint density at radius 2 is 2.00 bits per heavy atom. The second-order valence-electron chi connectivity index (χ2n) is 8.01. The number of fused-ring (bicyclic) bond motifs is 3. The maximum Gasteiger partial charge on any atom is 0.433 e. The summed E-state index contributed by atoms with van der Waals surface area (Å²) in [7, 11) is 0. The Hall–Kier alpha value is -1.67. The molecular formula is C21H18Cl2F3NO3. The zero-order chi connectivity index (χ0) is 21.8. The highest BCUT2D eigenvalue weighted by atomic mass is 35.5. The fraction of sp³-hybridized carbons (Fsp3) is 0.429. The van der Waals surface area contributed by atoms with Crippen LogP contribution in [0.3, 0.4) is 0 Å². The van der Waals surface area contributed by atoms with Crippen LogP contribution in [0.4, 0.5) is 13.2 Å². The van der Waals surface area contributed by atoms with Crippen molar-refractivity contribution in [2.24, 2.45) is 11.8 Å². The average Bonchev–Trinajstić information content (AvgIpc) is 2.66. The van der Waals surface area contributed by atoms with E-state index in [1.807, 2.05) is 0 Å². The quantitative estimate of drug-likeness (QED) is 0.496. The van der Waals surface area contributed by atoms with E-state index in [1.54, 1.807) is 19.9 Å². The Morgan fingerprint density at radius 3 is 2.70 bits per heavy atom. The molecule has 0 N–H and O–H groups in total. The Labute approximate surface area is 180 Å². The molecule has 2 bridgehead atoms. The minimum Gasteiger partial charge on any atom is -0.299 e. The van der Waals surface area contributed by atoms with Crippen molar-refractivity contribution in [3.05, 3.63) is 45.6 Å². The van der Waals surface area contributed by atoms with Crippen molar-refractivity contribution in [2.75, 3.05) is 0 Å². The largest absolute Gasteiger partial charge is 0.433 e. The summed E-state index contributed by atoms with van der Waals surface area (Å²) in [6.45, 7) is 3.56. The molecule has 0 unspecified atom stereocenters. The summed E-state index contributed by atoms with van der Waals surface area (Å²) in [6, 6.07) is 3.80. The van der Waals surface area contributed by atoms with Gasteiger partial charge in [-0.3, -0.25) is 4.79 Å². The van der Waals surface area contributed by atoms with Gasteiger partial charge in [0.25, 0.3) is 0 Å². The van der Waals surface area contributed by atoms with E-state index >= 15 is 0 Å². The second kappa shape index (κ2) is 7.48. The lowest BCUT2D eigenvalue weighted by Crippen LogP contribution is -2.51. The van der Waals surface area contributed by atoms with Crippen molar-refractivity contribution in [1.82, 2.24) is 4.98 Å². The molecule has 1 aliphatic carbocycles. The molecule has 2 heterocycles. The lowest BCUT2D eigenvalue weighted by atomic mass is 9.71. The molecule has 1 aliphatic heterocycles. The molecule has 2 aromatic rings. The van der Waals surface area contributed by atoms with E-state index < -0.39 is 17.5 Å². The predicted octanol–water partition coefficient (Wildman–Crippen LogP) is 6.28. The van der Waals surface area contributed by atoms with Crippen LogP contribution < -0.4 is 0 Å². The lowest BCUT2D eigenvalue weighted by Gasteiger charge is -2.45. The van der Waals surface area contributed by atoms with E-state index in [0.717, 1.165) is 6.07 Å². The van der Waals surface area contributed by atoms with Gasteiger partial charge < -0.3 is 0 Å². The number of Topliss-reactive ketones (excluding diaryl/α,β-unsaturated/α-hetero) is 1.